The molecule has 5 nitrogen and oxygen atoms in total. The summed E-state index contributed by atoms with van der Waals surface area (Å²) in [4.78, 5) is 18.5. The van der Waals surface area contributed by atoms with E-state index in [1.807, 2.05) is 0 Å². The molecule has 0 aliphatic heterocycles. The first-order chi connectivity index (χ1) is 6.72. The third-order valence-electron chi connectivity index (χ3n) is 1.57. The Morgan fingerprint density at radius 1 is 1.57 bits per heavy atom. The third-order valence-corrected chi connectivity index (χ3v) is 1.78. The molecule has 1 aromatic rings. The van der Waals surface area contributed by atoms with Crippen LogP contribution in [0.3, 0.4) is 0 Å². The number of halogens is 1. The largest absolute Gasteiger partial charge is 0.369 e. The zero-order chi connectivity index (χ0) is 10.4. The molecular formula is C8H11ClN4O. The molecule has 0 aliphatic carbocycles. The highest BCUT2D eigenvalue weighted by molar-refractivity contribution is 6.29. The summed E-state index contributed by atoms with van der Waals surface area (Å²) in [7, 11) is 1.60. The number of anilines is 1. The van der Waals surface area contributed by atoms with Crippen LogP contribution in [0.25, 0.3) is 0 Å². The lowest BCUT2D eigenvalue weighted by molar-refractivity contribution is -0.120. The molecule has 0 radical (unpaired) electrons. The Bertz CT molecular complexity index is 318. The van der Waals surface area contributed by atoms with Crippen molar-refractivity contribution in [2.24, 2.45) is 0 Å². The lowest BCUT2D eigenvalue weighted by Crippen LogP contribution is -2.21. The molecule has 2 N–H and O–H groups in total. The van der Waals surface area contributed by atoms with Gasteiger partial charge in [0.25, 0.3) is 0 Å². The van der Waals surface area contributed by atoms with E-state index in [9.17, 15) is 4.79 Å². The highest BCUT2D eigenvalue weighted by Gasteiger charge is 1.98. The van der Waals surface area contributed by atoms with Gasteiger partial charge in [-0.05, 0) is 0 Å². The summed E-state index contributed by atoms with van der Waals surface area (Å²) in [5, 5.41) is 5.86. The smallest absolute Gasteiger partial charge is 0.221 e. The van der Waals surface area contributed by atoms with Crippen LogP contribution in [0, 0.1) is 0 Å². The molecule has 0 spiro atoms. The minimum Gasteiger partial charge on any atom is -0.369 e. The molecule has 0 aliphatic rings. The van der Waals surface area contributed by atoms with Crippen LogP contribution in [-0.4, -0.2) is 29.5 Å². The van der Waals surface area contributed by atoms with Gasteiger partial charge in [-0.3, -0.25) is 4.79 Å². The quantitative estimate of drug-likeness (QED) is 0.724. The zero-order valence-electron chi connectivity index (χ0n) is 7.75. The van der Waals surface area contributed by atoms with Gasteiger partial charge in [0.05, 0.1) is 0 Å². The Labute approximate surface area is 86.9 Å². The molecule has 6 heteroatoms. The average Bonchev–Trinajstić information content (AvgIpc) is 2.17. The summed E-state index contributed by atoms with van der Waals surface area (Å²) < 4.78 is 0. The second kappa shape index (κ2) is 5.39. The van der Waals surface area contributed by atoms with Gasteiger partial charge in [-0.1, -0.05) is 11.6 Å². The molecule has 1 aromatic heterocycles. The molecular weight excluding hydrogens is 204 g/mol. The Morgan fingerprint density at radius 2 is 2.36 bits per heavy atom. The Morgan fingerprint density at radius 3 is 3.00 bits per heavy atom. The normalized spacial score (nSPS) is 9.57. The predicted molar refractivity (Wildman–Crippen MR) is 54.2 cm³/mol. The van der Waals surface area contributed by atoms with Crippen LogP contribution in [0.1, 0.15) is 6.42 Å². The lowest BCUT2D eigenvalue weighted by Gasteiger charge is -2.03. The maximum atomic E-state index is 10.9. The van der Waals surface area contributed by atoms with Crippen LogP contribution in [-0.2, 0) is 4.79 Å². The summed E-state index contributed by atoms with van der Waals surface area (Å²) in [6, 6.07) is 1.60. The average molecular weight is 215 g/mol. The maximum Gasteiger partial charge on any atom is 0.221 e. The highest BCUT2D eigenvalue weighted by Crippen LogP contribution is 2.07. The van der Waals surface area contributed by atoms with Crippen molar-refractivity contribution in [1.82, 2.24) is 15.3 Å². The van der Waals surface area contributed by atoms with E-state index in [0.717, 1.165) is 0 Å². The van der Waals surface area contributed by atoms with Gasteiger partial charge in [0.2, 0.25) is 5.91 Å². The number of hydrogen-bond acceptors (Lipinski definition) is 4. The molecule has 0 bridgehead atoms. The fraction of sp³-hybridized carbons (Fsp3) is 0.375. The number of aromatic nitrogens is 2. The van der Waals surface area contributed by atoms with Crippen LogP contribution in [0.4, 0.5) is 5.82 Å². The summed E-state index contributed by atoms with van der Waals surface area (Å²) >= 11 is 5.64. The van der Waals surface area contributed by atoms with Gasteiger partial charge in [0.15, 0.2) is 0 Å². The monoisotopic (exact) mass is 214 g/mol. The summed E-state index contributed by atoms with van der Waals surface area (Å²) in [5.41, 5.74) is 0. The molecule has 0 unspecified atom stereocenters. The Hall–Kier alpha value is -1.36. The molecule has 0 fully saturated rings. The number of carbonyl (C=O) groups excluding carboxylic acids is 1. The van der Waals surface area contributed by atoms with Crippen LogP contribution in [0.15, 0.2) is 12.4 Å². The first-order valence-electron chi connectivity index (χ1n) is 4.14. The second-order valence-electron chi connectivity index (χ2n) is 2.58. The third kappa shape index (κ3) is 3.57. The summed E-state index contributed by atoms with van der Waals surface area (Å²) in [6.45, 7) is 0.521. The summed E-state index contributed by atoms with van der Waals surface area (Å²) in [6.07, 6.45) is 1.77. The number of hydrogen-bond donors (Lipinski definition) is 2. The van der Waals surface area contributed by atoms with E-state index < -0.39 is 0 Å². The number of nitrogens with zero attached hydrogens (tertiary/aromatic N) is 2. The first-order valence-corrected chi connectivity index (χ1v) is 4.52. The van der Waals surface area contributed by atoms with Crippen molar-refractivity contribution in [1.29, 1.82) is 0 Å². The van der Waals surface area contributed by atoms with Crippen LogP contribution >= 0.6 is 11.6 Å². The summed E-state index contributed by atoms with van der Waals surface area (Å²) in [5.74, 6) is 0.603. The topological polar surface area (TPSA) is 66.9 Å². The molecule has 0 saturated carbocycles. The van der Waals surface area contributed by atoms with Gasteiger partial charge >= 0.3 is 0 Å². The lowest BCUT2D eigenvalue weighted by atomic mass is 10.4. The molecule has 0 saturated heterocycles. The van der Waals surface area contributed by atoms with Crippen LogP contribution in [0.2, 0.25) is 5.15 Å². The fourth-order valence-corrected chi connectivity index (χ4v) is 1.01. The van der Waals surface area contributed by atoms with Gasteiger partial charge in [0.1, 0.15) is 17.3 Å². The number of carbonyl (C=O) groups is 1. The minimum atomic E-state index is -0.0161. The first kappa shape index (κ1) is 10.7. The molecule has 0 aromatic carbocycles. The van der Waals surface area contributed by atoms with Gasteiger partial charge in [-0.25, -0.2) is 9.97 Å². The SMILES string of the molecule is CNC(=O)CCNc1cc(Cl)ncn1. The Balaban J connectivity index is 2.35. The second-order valence-corrected chi connectivity index (χ2v) is 2.96. The van der Waals surface area contributed by atoms with Crippen LogP contribution in [0.5, 0.6) is 0 Å². The van der Waals surface area contributed by atoms with Gasteiger partial charge in [-0.15, -0.1) is 0 Å². The van der Waals surface area contributed by atoms with Gasteiger partial charge in [-0.2, -0.15) is 0 Å². The van der Waals surface area contributed by atoms with E-state index in [1.54, 1.807) is 13.1 Å². The van der Waals surface area contributed by atoms with E-state index in [2.05, 4.69) is 20.6 Å². The fourth-order valence-electron chi connectivity index (χ4n) is 0.859. The maximum absolute atomic E-state index is 10.9. The van der Waals surface area contributed by atoms with E-state index in [4.69, 9.17) is 11.6 Å². The minimum absolute atomic E-state index is 0.0161. The molecule has 14 heavy (non-hydrogen) atoms. The van der Waals surface area contributed by atoms with E-state index in [1.165, 1.54) is 6.33 Å². The van der Waals surface area contributed by atoms with Crippen molar-refractivity contribution >= 4 is 23.3 Å². The van der Waals surface area contributed by atoms with E-state index in [-0.39, 0.29) is 5.91 Å². The molecule has 0 atom stereocenters. The number of amides is 1. The molecule has 1 amide bonds. The van der Waals surface area contributed by atoms with Gasteiger partial charge in [0, 0.05) is 26.1 Å². The zero-order valence-corrected chi connectivity index (χ0v) is 8.51. The van der Waals surface area contributed by atoms with Crippen molar-refractivity contribution in [2.75, 3.05) is 18.9 Å². The molecule has 1 heterocycles. The van der Waals surface area contributed by atoms with Crippen molar-refractivity contribution in [3.63, 3.8) is 0 Å². The molecule has 1 rings (SSSR count). The standard InChI is InChI=1S/C8H11ClN4O/c1-10-8(14)2-3-11-7-4-6(9)12-5-13-7/h4-5H,2-3H2,1H3,(H,10,14)(H,11,12,13). The highest BCUT2D eigenvalue weighted by atomic mass is 35.5. The van der Waals surface area contributed by atoms with Crippen molar-refractivity contribution in [3.8, 4) is 0 Å². The van der Waals surface area contributed by atoms with Crippen molar-refractivity contribution in [3.05, 3.63) is 17.5 Å². The number of nitrogens with one attached hydrogen (secondary N) is 2. The van der Waals surface area contributed by atoms with E-state index >= 15 is 0 Å². The number of rotatable bonds is 4. The van der Waals surface area contributed by atoms with Crippen LogP contribution < -0.4 is 10.6 Å². The Kier molecular flexibility index (Phi) is 4.12. The van der Waals surface area contributed by atoms with Crippen molar-refractivity contribution in [2.45, 2.75) is 6.42 Å². The predicted octanol–water partition coefficient (Wildman–Crippen LogP) is 0.678. The van der Waals surface area contributed by atoms with E-state index in [0.29, 0.717) is 23.9 Å². The van der Waals surface area contributed by atoms with Gasteiger partial charge < -0.3 is 10.6 Å². The molecule has 76 valence electrons. The van der Waals surface area contributed by atoms with Crippen molar-refractivity contribution < 1.29 is 4.79 Å².